The lowest BCUT2D eigenvalue weighted by molar-refractivity contribution is -0.126. The maximum atomic E-state index is 13.6. The Labute approximate surface area is 192 Å². The predicted molar refractivity (Wildman–Crippen MR) is 128 cm³/mol. The second-order valence-corrected chi connectivity index (χ2v) is 8.86. The van der Waals surface area contributed by atoms with Crippen LogP contribution in [-0.4, -0.2) is 30.7 Å². The van der Waals surface area contributed by atoms with Gasteiger partial charge < -0.3 is 10.1 Å². The first-order valence-corrected chi connectivity index (χ1v) is 11.7. The molecule has 1 heterocycles. The molecule has 0 aliphatic carbocycles. The van der Waals surface area contributed by atoms with Crippen molar-refractivity contribution in [3.8, 4) is 5.75 Å². The minimum absolute atomic E-state index is 0.160. The number of fused-ring (bicyclic) bond motifs is 1. The highest BCUT2D eigenvalue weighted by Gasteiger charge is 2.47. The highest BCUT2D eigenvalue weighted by Crippen LogP contribution is 2.36. The smallest absolute Gasteiger partial charge is 0.259 e. The maximum absolute atomic E-state index is 13.6. The lowest BCUT2D eigenvalue weighted by atomic mass is 9.82. The zero-order valence-corrected chi connectivity index (χ0v) is 19.2. The van der Waals surface area contributed by atoms with Crippen molar-refractivity contribution in [2.24, 2.45) is 0 Å². The summed E-state index contributed by atoms with van der Waals surface area (Å²) in [5.74, 6) is 0.416. The molecule has 1 unspecified atom stereocenters. The predicted octanol–water partition coefficient (Wildman–Crippen LogP) is 4.70. The average Bonchev–Trinajstić information content (AvgIpc) is 2.83. The van der Waals surface area contributed by atoms with E-state index in [4.69, 9.17) is 4.74 Å². The molecule has 3 aromatic carbocycles. The molecule has 5 nitrogen and oxygen atoms in total. The SMILES string of the molecule is COc1ccc(CNC(=O)C2(C)Cc3ccccc3C(=O)N2c2cccc(SC)c2)cc1. The summed E-state index contributed by atoms with van der Waals surface area (Å²) < 4.78 is 5.20. The molecular formula is C26H26N2O3S. The van der Waals surface area contributed by atoms with E-state index < -0.39 is 5.54 Å². The Bertz CT molecular complexity index is 1150. The number of nitrogens with one attached hydrogen (secondary N) is 1. The summed E-state index contributed by atoms with van der Waals surface area (Å²) in [5.41, 5.74) is 2.15. The third-order valence-corrected chi connectivity index (χ3v) is 6.62. The van der Waals surface area contributed by atoms with Crippen molar-refractivity contribution in [1.82, 2.24) is 5.32 Å². The third-order valence-electron chi connectivity index (χ3n) is 5.89. The number of rotatable bonds is 6. The molecule has 32 heavy (non-hydrogen) atoms. The molecule has 3 aromatic rings. The molecule has 6 heteroatoms. The van der Waals surface area contributed by atoms with Crippen molar-refractivity contribution in [2.45, 2.75) is 30.3 Å². The Morgan fingerprint density at radius 2 is 1.84 bits per heavy atom. The summed E-state index contributed by atoms with van der Waals surface area (Å²) in [4.78, 5) is 29.9. The van der Waals surface area contributed by atoms with E-state index in [0.29, 0.717) is 18.5 Å². The van der Waals surface area contributed by atoms with Crippen molar-refractivity contribution in [3.63, 3.8) is 0 Å². The summed E-state index contributed by atoms with van der Waals surface area (Å²) in [6.45, 7) is 2.21. The van der Waals surface area contributed by atoms with E-state index in [1.807, 2.05) is 86.0 Å². The number of hydrogen-bond donors (Lipinski definition) is 1. The molecule has 1 aliphatic rings. The van der Waals surface area contributed by atoms with Gasteiger partial charge in [-0.15, -0.1) is 11.8 Å². The van der Waals surface area contributed by atoms with Gasteiger partial charge in [-0.25, -0.2) is 0 Å². The Morgan fingerprint density at radius 1 is 1.09 bits per heavy atom. The molecule has 4 rings (SSSR count). The molecular weight excluding hydrogens is 420 g/mol. The molecule has 0 fully saturated rings. The molecule has 0 radical (unpaired) electrons. The van der Waals surface area contributed by atoms with Crippen LogP contribution in [0.15, 0.2) is 77.7 Å². The van der Waals surface area contributed by atoms with Crippen LogP contribution in [0.3, 0.4) is 0 Å². The van der Waals surface area contributed by atoms with Gasteiger partial charge in [0.25, 0.3) is 5.91 Å². The zero-order valence-electron chi connectivity index (χ0n) is 18.4. The van der Waals surface area contributed by atoms with Crippen LogP contribution in [0.4, 0.5) is 5.69 Å². The minimum atomic E-state index is -1.06. The normalized spacial score (nSPS) is 17.6. The Balaban J connectivity index is 1.68. The molecule has 1 atom stereocenters. The first-order chi connectivity index (χ1) is 15.5. The summed E-state index contributed by atoms with van der Waals surface area (Å²) in [6.07, 6.45) is 2.43. The van der Waals surface area contributed by atoms with Crippen LogP contribution in [0.1, 0.15) is 28.4 Å². The van der Waals surface area contributed by atoms with Gasteiger partial charge >= 0.3 is 0 Å². The highest BCUT2D eigenvalue weighted by atomic mass is 32.2. The van der Waals surface area contributed by atoms with Crippen LogP contribution in [0.2, 0.25) is 0 Å². The number of benzene rings is 3. The number of thioether (sulfide) groups is 1. The molecule has 0 aromatic heterocycles. The summed E-state index contributed by atoms with van der Waals surface area (Å²) in [7, 11) is 1.62. The van der Waals surface area contributed by atoms with E-state index in [2.05, 4.69) is 5.32 Å². The van der Waals surface area contributed by atoms with Crippen LogP contribution in [0, 0.1) is 0 Å². The van der Waals surface area contributed by atoms with Crippen molar-refractivity contribution in [3.05, 3.63) is 89.5 Å². The van der Waals surface area contributed by atoms with Gasteiger partial charge in [0.2, 0.25) is 5.91 Å². The fraction of sp³-hybridized carbons (Fsp3) is 0.231. The van der Waals surface area contributed by atoms with E-state index in [-0.39, 0.29) is 11.8 Å². The molecule has 164 valence electrons. The number of hydrogen-bond acceptors (Lipinski definition) is 4. The number of anilines is 1. The average molecular weight is 447 g/mol. The molecule has 2 amide bonds. The highest BCUT2D eigenvalue weighted by molar-refractivity contribution is 7.98. The number of nitrogens with zero attached hydrogens (tertiary/aromatic N) is 1. The Morgan fingerprint density at radius 3 is 2.56 bits per heavy atom. The van der Waals surface area contributed by atoms with Gasteiger partial charge in [0, 0.05) is 29.1 Å². The first kappa shape index (κ1) is 22.0. The van der Waals surface area contributed by atoms with Gasteiger partial charge in [0.15, 0.2) is 0 Å². The first-order valence-electron chi connectivity index (χ1n) is 10.4. The van der Waals surface area contributed by atoms with Gasteiger partial charge in [-0.05, 0) is 60.7 Å². The number of methoxy groups -OCH3 is 1. The number of amides is 2. The number of ether oxygens (including phenoxy) is 1. The summed E-state index contributed by atoms with van der Waals surface area (Å²) >= 11 is 1.60. The molecule has 0 spiro atoms. The van der Waals surface area contributed by atoms with E-state index in [1.165, 1.54) is 0 Å². The van der Waals surface area contributed by atoms with Crippen LogP contribution < -0.4 is 15.0 Å². The Kier molecular flexibility index (Phi) is 6.24. The Hall–Kier alpha value is -3.25. The largest absolute Gasteiger partial charge is 0.497 e. The standard InChI is InChI=1S/C26H26N2O3S/c1-26(25(30)27-17-18-11-13-21(31-2)14-12-18)16-19-7-4-5-10-23(19)24(29)28(26)20-8-6-9-22(15-20)32-3/h4-15H,16-17H2,1-3H3,(H,27,30). The second-order valence-electron chi connectivity index (χ2n) is 7.98. The van der Waals surface area contributed by atoms with Crippen molar-refractivity contribution in [2.75, 3.05) is 18.3 Å². The maximum Gasteiger partial charge on any atom is 0.259 e. The van der Waals surface area contributed by atoms with Gasteiger partial charge in [0.05, 0.1) is 7.11 Å². The lowest BCUT2D eigenvalue weighted by Gasteiger charge is -2.44. The number of carbonyl (C=O) groups is 2. The van der Waals surface area contributed by atoms with Crippen molar-refractivity contribution < 1.29 is 14.3 Å². The van der Waals surface area contributed by atoms with Crippen LogP contribution in [0.5, 0.6) is 5.75 Å². The van der Waals surface area contributed by atoms with Crippen LogP contribution in [0.25, 0.3) is 0 Å². The molecule has 0 saturated carbocycles. The van der Waals surface area contributed by atoms with Crippen molar-refractivity contribution >= 4 is 29.3 Å². The molecule has 0 bridgehead atoms. The fourth-order valence-electron chi connectivity index (χ4n) is 4.13. The topological polar surface area (TPSA) is 58.6 Å². The summed E-state index contributed by atoms with van der Waals surface area (Å²) in [6, 6.07) is 22.9. The minimum Gasteiger partial charge on any atom is -0.497 e. The third kappa shape index (κ3) is 4.10. The molecule has 0 saturated heterocycles. The zero-order chi connectivity index (χ0) is 22.7. The quantitative estimate of drug-likeness (QED) is 0.558. The van der Waals surface area contributed by atoms with E-state index in [9.17, 15) is 9.59 Å². The van der Waals surface area contributed by atoms with Crippen molar-refractivity contribution in [1.29, 1.82) is 0 Å². The van der Waals surface area contributed by atoms with Gasteiger partial charge in [-0.1, -0.05) is 36.4 Å². The number of carbonyl (C=O) groups excluding carboxylic acids is 2. The lowest BCUT2D eigenvalue weighted by Crippen LogP contribution is -2.63. The monoisotopic (exact) mass is 446 g/mol. The molecule has 1 aliphatic heterocycles. The van der Waals surface area contributed by atoms with Crippen LogP contribution >= 0.6 is 11.8 Å². The molecule has 1 N–H and O–H groups in total. The van der Waals surface area contributed by atoms with Gasteiger partial charge in [-0.3, -0.25) is 14.5 Å². The fourth-order valence-corrected chi connectivity index (χ4v) is 4.58. The second kappa shape index (κ2) is 9.09. The summed E-state index contributed by atoms with van der Waals surface area (Å²) in [5, 5.41) is 3.05. The van der Waals surface area contributed by atoms with Gasteiger partial charge in [-0.2, -0.15) is 0 Å². The van der Waals surface area contributed by atoms with Crippen LogP contribution in [-0.2, 0) is 17.8 Å². The van der Waals surface area contributed by atoms with E-state index in [1.54, 1.807) is 23.8 Å². The van der Waals surface area contributed by atoms with E-state index in [0.717, 1.165) is 27.5 Å². The van der Waals surface area contributed by atoms with E-state index >= 15 is 0 Å². The van der Waals surface area contributed by atoms with Gasteiger partial charge in [0.1, 0.15) is 11.3 Å².